The molecule has 0 fully saturated rings. The molecule has 0 radical (unpaired) electrons. The average Bonchev–Trinajstić information content (AvgIpc) is 2.90. The summed E-state index contributed by atoms with van der Waals surface area (Å²) in [5, 5.41) is 0. The lowest BCUT2D eigenvalue weighted by atomic mass is 10.1. The molecule has 2 aromatic heterocycles. The van der Waals surface area contributed by atoms with Crippen molar-refractivity contribution in [2.45, 2.75) is 13.5 Å². The van der Waals surface area contributed by atoms with E-state index in [1.54, 1.807) is 10.6 Å². The van der Waals surface area contributed by atoms with E-state index in [4.69, 9.17) is 10.5 Å². The molecule has 0 aliphatic heterocycles. The summed E-state index contributed by atoms with van der Waals surface area (Å²) in [7, 11) is 0. The molecule has 3 rings (SSSR count). The van der Waals surface area contributed by atoms with Gasteiger partial charge < -0.3 is 14.9 Å². The average molecular weight is 285 g/mol. The first kappa shape index (κ1) is 13.6. The number of nitrogens with two attached hydrogens (primary N) is 1. The molecule has 1 aromatic carbocycles. The van der Waals surface area contributed by atoms with Gasteiger partial charge in [-0.05, 0) is 19.1 Å². The van der Waals surface area contributed by atoms with E-state index >= 15 is 0 Å². The van der Waals surface area contributed by atoms with E-state index in [0.29, 0.717) is 30.1 Å². The number of pyridine rings is 1. The molecule has 5 heteroatoms. The number of halogens is 1. The topological polar surface area (TPSA) is 52.5 Å². The normalized spacial score (nSPS) is 11.0. The first-order valence-corrected chi connectivity index (χ1v) is 6.82. The maximum Gasteiger partial charge on any atom is 0.145 e. The molecule has 2 N–H and O–H groups in total. The van der Waals surface area contributed by atoms with Gasteiger partial charge in [0.05, 0.1) is 12.3 Å². The molecule has 2 heterocycles. The van der Waals surface area contributed by atoms with Crippen molar-refractivity contribution >= 4 is 5.65 Å². The van der Waals surface area contributed by atoms with Gasteiger partial charge in [-0.3, -0.25) is 0 Å². The van der Waals surface area contributed by atoms with E-state index < -0.39 is 0 Å². The molecular formula is C16H16FN3O. The monoisotopic (exact) mass is 285 g/mol. The van der Waals surface area contributed by atoms with Gasteiger partial charge in [0.15, 0.2) is 0 Å². The second-order valence-corrected chi connectivity index (χ2v) is 4.67. The molecule has 0 spiro atoms. The van der Waals surface area contributed by atoms with Crippen LogP contribution in [0, 0.1) is 5.82 Å². The number of para-hydroxylation sites is 1. The number of rotatable bonds is 4. The third-order valence-electron chi connectivity index (χ3n) is 3.25. The van der Waals surface area contributed by atoms with Crippen molar-refractivity contribution in [3.05, 3.63) is 54.2 Å². The first-order chi connectivity index (χ1) is 10.2. The van der Waals surface area contributed by atoms with Crippen LogP contribution in [0.15, 0.2) is 42.7 Å². The Morgan fingerprint density at radius 2 is 2.05 bits per heavy atom. The van der Waals surface area contributed by atoms with Crippen molar-refractivity contribution in [1.29, 1.82) is 0 Å². The fourth-order valence-electron chi connectivity index (χ4n) is 2.38. The Hall–Kier alpha value is -2.40. The molecule has 0 saturated heterocycles. The van der Waals surface area contributed by atoms with E-state index in [2.05, 4.69) is 4.98 Å². The second-order valence-electron chi connectivity index (χ2n) is 4.67. The van der Waals surface area contributed by atoms with E-state index in [1.807, 2.05) is 31.2 Å². The third-order valence-corrected chi connectivity index (χ3v) is 3.25. The number of hydrogen-bond donors (Lipinski definition) is 1. The SMILES string of the molecule is CCOc1ccccc1-c1cc(F)cn2cc(CN)nc12. The zero-order chi connectivity index (χ0) is 14.8. The van der Waals surface area contributed by atoms with Crippen LogP contribution in [-0.2, 0) is 6.54 Å². The van der Waals surface area contributed by atoms with E-state index in [-0.39, 0.29) is 5.82 Å². The van der Waals surface area contributed by atoms with Crippen molar-refractivity contribution in [2.24, 2.45) is 5.73 Å². The fraction of sp³-hybridized carbons (Fsp3) is 0.188. The number of nitrogens with zero attached hydrogens (tertiary/aromatic N) is 2. The molecule has 0 atom stereocenters. The molecule has 0 aliphatic rings. The van der Waals surface area contributed by atoms with E-state index in [0.717, 1.165) is 11.3 Å². The van der Waals surface area contributed by atoms with Gasteiger partial charge in [0.1, 0.15) is 17.2 Å². The summed E-state index contributed by atoms with van der Waals surface area (Å²) in [5.41, 5.74) is 8.52. The summed E-state index contributed by atoms with van der Waals surface area (Å²) < 4.78 is 21.2. The summed E-state index contributed by atoms with van der Waals surface area (Å²) in [6.07, 6.45) is 3.14. The molecule has 0 amide bonds. The van der Waals surface area contributed by atoms with Gasteiger partial charge in [0, 0.05) is 30.1 Å². The summed E-state index contributed by atoms with van der Waals surface area (Å²) >= 11 is 0. The van der Waals surface area contributed by atoms with Crippen LogP contribution in [0.1, 0.15) is 12.6 Å². The van der Waals surface area contributed by atoms with Crippen LogP contribution in [0.5, 0.6) is 5.75 Å². The van der Waals surface area contributed by atoms with Crippen LogP contribution < -0.4 is 10.5 Å². The summed E-state index contributed by atoms with van der Waals surface area (Å²) in [5.74, 6) is 0.384. The molecule has 3 aromatic rings. The van der Waals surface area contributed by atoms with Gasteiger partial charge in [-0.2, -0.15) is 0 Å². The molecule has 0 unspecified atom stereocenters. The Kier molecular flexibility index (Phi) is 3.58. The van der Waals surface area contributed by atoms with Gasteiger partial charge in [0.25, 0.3) is 0 Å². The predicted octanol–water partition coefficient (Wildman–Crippen LogP) is 3.00. The number of imidazole rings is 1. The van der Waals surface area contributed by atoms with Crippen LogP contribution in [0.3, 0.4) is 0 Å². The number of aromatic nitrogens is 2. The highest BCUT2D eigenvalue weighted by Crippen LogP contribution is 2.33. The largest absolute Gasteiger partial charge is 0.493 e. The maximum atomic E-state index is 13.9. The Labute approximate surface area is 122 Å². The lowest BCUT2D eigenvalue weighted by molar-refractivity contribution is 0.341. The Morgan fingerprint density at radius 1 is 1.24 bits per heavy atom. The van der Waals surface area contributed by atoms with Crippen LogP contribution >= 0.6 is 0 Å². The molecule has 108 valence electrons. The molecule has 0 aliphatic carbocycles. The smallest absolute Gasteiger partial charge is 0.145 e. The lowest BCUT2D eigenvalue weighted by Crippen LogP contribution is -1.96. The van der Waals surface area contributed by atoms with Crippen molar-refractivity contribution in [3.63, 3.8) is 0 Å². The third kappa shape index (κ3) is 2.48. The lowest BCUT2D eigenvalue weighted by Gasteiger charge is -2.11. The van der Waals surface area contributed by atoms with Gasteiger partial charge >= 0.3 is 0 Å². The minimum atomic E-state index is -0.329. The number of ether oxygens (including phenoxy) is 1. The van der Waals surface area contributed by atoms with Gasteiger partial charge in [-0.15, -0.1) is 0 Å². The second kappa shape index (κ2) is 5.54. The first-order valence-electron chi connectivity index (χ1n) is 6.82. The summed E-state index contributed by atoms with van der Waals surface area (Å²) in [6.45, 7) is 2.78. The van der Waals surface area contributed by atoms with Crippen LogP contribution in [0.2, 0.25) is 0 Å². The maximum absolute atomic E-state index is 13.9. The highest BCUT2D eigenvalue weighted by atomic mass is 19.1. The van der Waals surface area contributed by atoms with E-state index in [9.17, 15) is 4.39 Å². The van der Waals surface area contributed by atoms with Crippen LogP contribution in [0.4, 0.5) is 4.39 Å². The fourth-order valence-corrected chi connectivity index (χ4v) is 2.38. The highest BCUT2D eigenvalue weighted by Gasteiger charge is 2.13. The number of fused-ring (bicyclic) bond motifs is 1. The zero-order valence-corrected chi connectivity index (χ0v) is 11.7. The molecule has 0 saturated carbocycles. The standard InChI is InChI=1S/C16H16FN3O/c1-2-21-15-6-4-3-5-13(15)14-7-11(17)9-20-10-12(8-18)19-16(14)20/h3-7,9-10H,2,8,18H2,1H3. The summed E-state index contributed by atoms with van der Waals surface area (Å²) in [4.78, 5) is 4.47. The van der Waals surface area contributed by atoms with Gasteiger partial charge in [-0.1, -0.05) is 18.2 Å². The predicted molar refractivity (Wildman–Crippen MR) is 79.6 cm³/mol. The molecule has 4 nitrogen and oxygen atoms in total. The molecular weight excluding hydrogens is 269 g/mol. The van der Waals surface area contributed by atoms with Crippen molar-refractivity contribution < 1.29 is 9.13 Å². The van der Waals surface area contributed by atoms with Gasteiger partial charge in [-0.25, -0.2) is 9.37 Å². The van der Waals surface area contributed by atoms with Crippen molar-refractivity contribution in [2.75, 3.05) is 6.61 Å². The van der Waals surface area contributed by atoms with Crippen LogP contribution in [0.25, 0.3) is 16.8 Å². The minimum absolute atomic E-state index is 0.315. The Morgan fingerprint density at radius 3 is 2.81 bits per heavy atom. The number of hydrogen-bond acceptors (Lipinski definition) is 3. The highest BCUT2D eigenvalue weighted by molar-refractivity contribution is 5.81. The Balaban J connectivity index is 2.26. The van der Waals surface area contributed by atoms with Crippen molar-refractivity contribution in [1.82, 2.24) is 9.38 Å². The zero-order valence-electron chi connectivity index (χ0n) is 11.7. The summed E-state index contributed by atoms with van der Waals surface area (Å²) in [6, 6.07) is 9.03. The van der Waals surface area contributed by atoms with Crippen LogP contribution in [-0.4, -0.2) is 16.0 Å². The Bertz CT molecular complexity index is 782. The molecule has 0 bridgehead atoms. The van der Waals surface area contributed by atoms with Gasteiger partial charge in [0.2, 0.25) is 0 Å². The minimum Gasteiger partial charge on any atom is -0.493 e. The van der Waals surface area contributed by atoms with Crippen molar-refractivity contribution in [3.8, 4) is 16.9 Å². The quantitative estimate of drug-likeness (QED) is 0.801. The molecule has 21 heavy (non-hydrogen) atoms. The number of benzene rings is 1. The van der Waals surface area contributed by atoms with E-state index in [1.165, 1.54) is 12.3 Å².